The maximum absolute atomic E-state index is 12.7. The average molecular weight is 410 g/mol. The Labute approximate surface area is 172 Å². The number of carbonyl (C=O) groups excluding carboxylic acids is 2. The fourth-order valence-electron chi connectivity index (χ4n) is 3.59. The number of thiophene rings is 1. The fraction of sp³-hybridized carbons (Fsp3) is 0.333. The van der Waals surface area contributed by atoms with Crippen molar-refractivity contribution in [2.75, 3.05) is 6.54 Å². The molecule has 0 bridgehead atoms. The van der Waals surface area contributed by atoms with E-state index in [0.717, 1.165) is 21.7 Å². The number of amides is 2. The predicted molar refractivity (Wildman–Crippen MR) is 109 cm³/mol. The molecule has 8 heteroatoms. The van der Waals surface area contributed by atoms with Gasteiger partial charge in [-0.05, 0) is 56.0 Å². The number of hydrogen-bond acceptors (Lipinski definition) is 6. The third-order valence-corrected chi connectivity index (χ3v) is 6.21. The minimum absolute atomic E-state index is 0.0755. The molecule has 4 rings (SSSR count). The van der Waals surface area contributed by atoms with Crippen molar-refractivity contribution in [3.8, 4) is 0 Å². The van der Waals surface area contributed by atoms with Crippen LogP contribution in [0.2, 0.25) is 0 Å². The Hall–Kier alpha value is -3.00. The van der Waals surface area contributed by atoms with Crippen LogP contribution in [0.25, 0.3) is 0 Å². The molecule has 3 aromatic rings. The van der Waals surface area contributed by atoms with Gasteiger partial charge in [0.2, 0.25) is 5.76 Å². The van der Waals surface area contributed by atoms with Crippen LogP contribution in [0.3, 0.4) is 0 Å². The van der Waals surface area contributed by atoms with Gasteiger partial charge in [-0.25, -0.2) is 4.98 Å². The lowest BCUT2D eigenvalue weighted by Gasteiger charge is -2.30. The van der Waals surface area contributed by atoms with E-state index in [1.807, 2.05) is 32.2 Å². The number of rotatable bonds is 4. The smallest absolute Gasteiger partial charge is 0.291 e. The van der Waals surface area contributed by atoms with E-state index in [0.29, 0.717) is 36.6 Å². The molecule has 0 aromatic carbocycles. The summed E-state index contributed by atoms with van der Waals surface area (Å²) in [6.07, 6.45) is 3.83. The highest BCUT2D eigenvalue weighted by Crippen LogP contribution is 2.25. The number of nitrogens with one attached hydrogen (secondary N) is 1. The molecule has 2 amide bonds. The number of carbonyl (C=O) groups is 2. The van der Waals surface area contributed by atoms with Crippen molar-refractivity contribution < 1.29 is 14.0 Å². The zero-order chi connectivity index (χ0) is 20.5. The van der Waals surface area contributed by atoms with E-state index < -0.39 is 0 Å². The minimum atomic E-state index is -0.158. The van der Waals surface area contributed by atoms with Gasteiger partial charge in [0, 0.05) is 36.4 Å². The van der Waals surface area contributed by atoms with Crippen LogP contribution in [-0.4, -0.2) is 33.2 Å². The van der Waals surface area contributed by atoms with Crippen molar-refractivity contribution in [2.45, 2.75) is 40.3 Å². The highest BCUT2D eigenvalue weighted by atomic mass is 32.1. The molecule has 0 aliphatic carbocycles. The second-order valence-electron chi connectivity index (χ2n) is 7.16. The molecule has 1 aliphatic rings. The number of aryl methyl sites for hydroxylation is 3. The first-order valence-corrected chi connectivity index (χ1v) is 10.3. The molecule has 0 atom stereocenters. The number of hydrogen-bond donors (Lipinski definition) is 1. The Balaban J connectivity index is 1.51. The zero-order valence-corrected chi connectivity index (χ0v) is 17.4. The Morgan fingerprint density at radius 3 is 2.72 bits per heavy atom. The monoisotopic (exact) mass is 410 g/mol. The van der Waals surface area contributed by atoms with Crippen LogP contribution in [0.5, 0.6) is 0 Å². The van der Waals surface area contributed by atoms with Crippen LogP contribution >= 0.6 is 11.3 Å². The molecule has 150 valence electrons. The minimum Gasteiger partial charge on any atom is -0.438 e. The Morgan fingerprint density at radius 1 is 1.21 bits per heavy atom. The SMILES string of the molecule is Cc1ccc(C(=O)NCc2c(C)ncc3c2CCN(C(=O)c2ocnc2C)C3)s1. The van der Waals surface area contributed by atoms with Crippen LogP contribution in [0.1, 0.15) is 53.2 Å². The summed E-state index contributed by atoms with van der Waals surface area (Å²) in [5, 5.41) is 3.01. The topological polar surface area (TPSA) is 88.3 Å². The standard InChI is InChI=1S/C21H22N4O3S/c1-12-4-5-18(29-12)20(26)23-9-17-13(2)22-8-15-10-25(7-6-16(15)17)21(27)19-14(3)24-11-28-19/h4-5,8,11H,6-7,9-10H2,1-3H3,(H,23,26). The lowest BCUT2D eigenvalue weighted by molar-refractivity contribution is 0.0700. The van der Waals surface area contributed by atoms with E-state index in [2.05, 4.69) is 15.3 Å². The molecule has 0 radical (unpaired) electrons. The van der Waals surface area contributed by atoms with E-state index >= 15 is 0 Å². The second-order valence-corrected chi connectivity index (χ2v) is 8.45. The summed E-state index contributed by atoms with van der Waals surface area (Å²) in [7, 11) is 0. The van der Waals surface area contributed by atoms with E-state index in [1.165, 1.54) is 23.3 Å². The molecule has 0 fully saturated rings. The van der Waals surface area contributed by atoms with E-state index in [-0.39, 0.29) is 17.6 Å². The van der Waals surface area contributed by atoms with Gasteiger partial charge in [-0.3, -0.25) is 14.6 Å². The molecule has 0 saturated carbocycles. The van der Waals surface area contributed by atoms with Gasteiger partial charge in [0.05, 0.1) is 10.6 Å². The maximum Gasteiger partial charge on any atom is 0.291 e. The first kappa shape index (κ1) is 19.3. The molecule has 0 spiro atoms. The number of aromatic nitrogens is 2. The van der Waals surface area contributed by atoms with Crippen LogP contribution in [-0.2, 0) is 19.5 Å². The number of fused-ring (bicyclic) bond motifs is 1. The van der Waals surface area contributed by atoms with E-state index in [9.17, 15) is 9.59 Å². The van der Waals surface area contributed by atoms with Crippen LogP contribution in [0, 0.1) is 20.8 Å². The summed E-state index contributed by atoms with van der Waals surface area (Å²) in [4.78, 5) is 37.2. The van der Waals surface area contributed by atoms with Gasteiger partial charge < -0.3 is 14.6 Å². The van der Waals surface area contributed by atoms with Gasteiger partial charge in [0.15, 0.2) is 6.39 Å². The molecule has 4 heterocycles. The molecule has 0 saturated heterocycles. The summed E-state index contributed by atoms with van der Waals surface area (Å²) >= 11 is 1.48. The summed E-state index contributed by atoms with van der Waals surface area (Å²) < 4.78 is 5.25. The third-order valence-electron chi connectivity index (χ3n) is 5.21. The second kappa shape index (κ2) is 7.79. The summed E-state index contributed by atoms with van der Waals surface area (Å²) in [5.41, 5.74) is 4.70. The molecule has 29 heavy (non-hydrogen) atoms. The fourth-order valence-corrected chi connectivity index (χ4v) is 4.38. The Bertz CT molecular complexity index is 1090. The number of nitrogens with zero attached hydrogens (tertiary/aromatic N) is 3. The van der Waals surface area contributed by atoms with Crippen LogP contribution in [0.15, 0.2) is 29.1 Å². The third kappa shape index (κ3) is 3.80. The van der Waals surface area contributed by atoms with Gasteiger partial charge in [0.25, 0.3) is 11.8 Å². The first-order chi connectivity index (χ1) is 13.9. The van der Waals surface area contributed by atoms with E-state index in [4.69, 9.17) is 4.42 Å². The normalized spacial score (nSPS) is 13.3. The van der Waals surface area contributed by atoms with Crippen molar-refractivity contribution in [2.24, 2.45) is 0 Å². The first-order valence-electron chi connectivity index (χ1n) is 9.44. The average Bonchev–Trinajstić information content (AvgIpc) is 3.34. The highest BCUT2D eigenvalue weighted by molar-refractivity contribution is 7.13. The number of pyridine rings is 1. The molecule has 7 nitrogen and oxygen atoms in total. The Morgan fingerprint density at radius 2 is 2.03 bits per heavy atom. The summed E-state index contributed by atoms with van der Waals surface area (Å²) in [5.74, 6) is 0.0508. The van der Waals surface area contributed by atoms with Crippen molar-refractivity contribution in [3.05, 3.63) is 68.3 Å². The van der Waals surface area contributed by atoms with Gasteiger partial charge in [0.1, 0.15) is 0 Å². The molecule has 0 unspecified atom stereocenters. The zero-order valence-electron chi connectivity index (χ0n) is 16.6. The molecule has 1 N–H and O–H groups in total. The predicted octanol–water partition coefficient (Wildman–Crippen LogP) is 3.18. The largest absolute Gasteiger partial charge is 0.438 e. The lowest BCUT2D eigenvalue weighted by atomic mass is 9.94. The molecular weight excluding hydrogens is 388 g/mol. The van der Waals surface area contributed by atoms with E-state index in [1.54, 1.807) is 11.8 Å². The van der Waals surface area contributed by atoms with Gasteiger partial charge in [-0.2, -0.15) is 0 Å². The number of oxazole rings is 1. The van der Waals surface area contributed by atoms with Crippen molar-refractivity contribution >= 4 is 23.2 Å². The molecular formula is C21H22N4O3S. The summed E-state index contributed by atoms with van der Waals surface area (Å²) in [6.45, 7) is 7.17. The Kier molecular flexibility index (Phi) is 5.19. The van der Waals surface area contributed by atoms with Crippen LogP contribution in [0.4, 0.5) is 0 Å². The quantitative estimate of drug-likeness (QED) is 0.714. The van der Waals surface area contributed by atoms with Crippen molar-refractivity contribution in [3.63, 3.8) is 0 Å². The summed E-state index contributed by atoms with van der Waals surface area (Å²) in [6, 6.07) is 3.79. The lowest BCUT2D eigenvalue weighted by Crippen LogP contribution is -2.37. The van der Waals surface area contributed by atoms with Crippen molar-refractivity contribution in [1.29, 1.82) is 0 Å². The molecule has 1 aliphatic heterocycles. The van der Waals surface area contributed by atoms with Crippen molar-refractivity contribution in [1.82, 2.24) is 20.2 Å². The van der Waals surface area contributed by atoms with Gasteiger partial charge in [-0.1, -0.05) is 0 Å². The molecule has 3 aromatic heterocycles. The van der Waals surface area contributed by atoms with Crippen LogP contribution < -0.4 is 5.32 Å². The van der Waals surface area contributed by atoms with Gasteiger partial charge in [-0.15, -0.1) is 11.3 Å². The maximum atomic E-state index is 12.7. The van der Waals surface area contributed by atoms with Gasteiger partial charge >= 0.3 is 0 Å². The highest BCUT2D eigenvalue weighted by Gasteiger charge is 2.27.